The summed E-state index contributed by atoms with van der Waals surface area (Å²) in [6.45, 7) is 8.55. The number of hydrogen-bond donors (Lipinski definition) is 1. The first-order chi connectivity index (χ1) is 5.67. The third-order valence-corrected chi connectivity index (χ3v) is 4.00. The summed E-state index contributed by atoms with van der Waals surface area (Å²) >= 11 is 4.59. The van der Waals surface area contributed by atoms with Crippen LogP contribution in [0.2, 0.25) is 0 Å². The first-order valence-electron chi connectivity index (χ1n) is 4.93. The highest BCUT2D eigenvalue weighted by Crippen LogP contribution is 2.44. The predicted octanol–water partition coefficient (Wildman–Crippen LogP) is 2.76. The van der Waals surface area contributed by atoms with Gasteiger partial charge in [-0.25, -0.2) is 0 Å². The van der Waals surface area contributed by atoms with Gasteiger partial charge in [0.25, 0.3) is 0 Å². The summed E-state index contributed by atoms with van der Waals surface area (Å²) in [5, 5.41) is 0.454. The second kappa shape index (κ2) is 4.01. The van der Waals surface area contributed by atoms with E-state index in [4.69, 9.17) is 4.74 Å². The zero-order valence-electron chi connectivity index (χ0n) is 8.34. The van der Waals surface area contributed by atoms with Crippen LogP contribution >= 0.6 is 12.6 Å². The minimum absolute atomic E-state index is 0.345. The molecule has 2 heteroatoms. The van der Waals surface area contributed by atoms with Crippen molar-refractivity contribution in [2.75, 3.05) is 13.2 Å². The third kappa shape index (κ3) is 1.51. The van der Waals surface area contributed by atoms with Gasteiger partial charge in [0.15, 0.2) is 0 Å². The fourth-order valence-electron chi connectivity index (χ4n) is 2.35. The highest BCUT2D eigenvalue weighted by molar-refractivity contribution is 7.81. The maximum Gasteiger partial charge on any atom is 0.0536 e. The molecule has 0 aromatic heterocycles. The Morgan fingerprint density at radius 2 is 2.25 bits per heavy atom. The number of ether oxygens (including phenoxy) is 1. The molecule has 0 bridgehead atoms. The maximum absolute atomic E-state index is 5.57. The lowest BCUT2D eigenvalue weighted by Crippen LogP contribution is -2.36. The quantitative estimate of drug-likeness (QED) is 0.670. The normalized spacial score (nSPS) is 38.5. The molecular formula is C10H20OS. The Bertz CT molecular complexity index is 147. The fourth-order valence-corrected chi connectivity index (χ4v) is 2.82. The summed E-state index contributed by atoms with van der Waals surface area (Å²) in [7, 11) is 0. The number of hydrogen-bond acceptors (Lipinski definition) is 2. The van der Waals surface area contributed by atoms with Crippen molar-refractivity contribution in [1.29, 1.82) is 0 Å². The highest BCUT2D eigenvalue weighted by Gasteiger charge is 2.44. The SMILES string of the molecule is CC[C@H]1COC[C@]1(CC)C(C)S. The van der Waals surface area contributed by atoms with Crippen molar-refractivity contribution in [3.05, 3.63) is 0 Å². The molecule has 1 saturated heterocycles. The zero-order chi connectivity index (χ0) is 9.19. The molecule has 1 rings (SSSR count). The number of thiol groups is 1. The largest absolute Gasteiger partial charge is 0.381 e. The monoisotopic (exact) mass is 188 g/mol. The van der Waals surface area contributed by atoms with Crippen LogP contribution in [0.15, 0.2) is 0 Å². The highest BCUT2D eigenvalue weighted by atomic mass is 32.1. The van der Waals surface area contributed by atoms with E-state index in [9.17, 15) is 0 Å². The molecule has 72 valence electrons. The van der Waals surface area contributed by atoms with Gasteiger partial charge in [-0.15, -0.1) is 0 Å². The molecule has 0 spiro atoms. The first kappa shape index (κ1) is 10.4. The smallest absolute Gasteiger partial charge is 0.0536 e. The summed E-state index contributed by atoms with van der Waals surface area (Å²) in [6, 6.07) is 0. The minimum Gasteiger partial charge on any atom is -0.381 e. The van der Waals surface area contributed by atoms with Crippen LogP contribution in [0, 0.1) is 11.3 Å². The van der Waals surface area contributed by atoms with E-state index in [1.807, 2.05) is 0 Å². The van der Waals surface area contributed by atoms with Crippen molar-refractivity contribution in [3.63, 3.8) is 0 Å². The van der Waals surface area contributed by atoms with Crippen molar-refractivity contribution in [2.45, 2.75) is 38.9 Å². The van der Waals surface area contributed by atoms with Gasteiger partial charge in [0.1, 0.15) is 0 Å². The van der Waals surface area contributed by atoms with Crippen molar-refractivity contribution in [2.24, 2.45) is 11.3 Å². The van der Waals surface area contributed by atoms with Gasteiger partial charge in [-0.3, -0.25) is 0 Å². The second-order valence-corrected chi connectivity index (χ2v) is 4.66. The second-order valence-electron chi connectivity index (χ2n) is 3.88. The van der Waals surface area contributed by atoms with E-state index in [-0.39, 0.29) is 0 Å². The van der Waals surface area contributed by atoms with Crippen molar-refractivity contribution in [3.8, 4) is 0 Å². The molecule has 1 aliphatic heterocycles. The van der Waals surface area contributed by atoms with Crippen LogP contribution in [-0.2, 0) is 4.74 Å². The van der Waals surface area contributed by atoms with Gasteiger partial charge in [-0.05, 0) is 12.3 Å². The Kier molecular flexibility index (Phi) is 3.47. The number of rotatable bonds is 3. The molecular weight excluding hydrogens is 168 g/mol. The van der Waals surface area contributed by atoms with E-state index in [1.165, 1.54) is 12.8 Å². The lowest BCUT2D eigenvalue weighted by Gasteiger charge is -2.35. The van der Waals surface area contributed by atoms with Gasteiger partial charge < -0.3 is 4.74 Å². The molecule has 0 radical (unpaired) electrons. The summed E-state index contributed by atoms with van der Waals surface area (Å²) in [6.07, 6.45) is 2.41. The van der Waals surface area contributed by atoms with Gasteiger partial charge in [0, 0.05) is 10.7 Å². The van der Waals surface area contributed by atoms with Gasteiger partial charge in [-0.1, -0.05) is 27.2 Å². The van der Waals surface area contributed by atoms with Crippen LogP contribution in [0.5, 0.6) is 0 Å². The summed E-state index contributed by atoms with van der Waals surface area (Å²) in [5.74, 6) is 0.718. The molecule has 0 amide bonds. The van der Waals surface area contributed by atoms with E-state index in [0.29, 0.717) is 10.7 Å². The van der Waals surface area contributed by atoms with Crippen molar-refractivity contribution in [1.82, 2.24) is 0 Å². The van der Waals surface area contributed by atoms with Gasteiger partial charge in [0.05, 0.1) is 13.2 Å². The molecule has 1 fully saturated rings. The standard InChI is InChI=1S/C10H20OS/c1-4-9-6-11-7-10(9,5-2)8(3)12/h8-9,12H,4-7H2,1-3H3/t8?,9-,10+/m0/s1. The van der Waals surface area contributed by atoms with Crippen LogP contribution in [-0.4, -0.2) is 18.5 Å². The molecule has 3 atom stereocenters. The molecule has 0 saturated carbocycles. The lowest BCUT2D eigenvalue weighted by atomic mass is 9.72. The molecule has 0 aromatic carbocycles. The Hall–Kier alpha value is 0.310. The van der Waals surface area contributed by atoms with Crippen LogP contribution in [0.25, 0.3) is 0 Å². The van der Waals surface area contributed by atoms with Crippen LogP contribution in [0.1, 0.15) is 33.6 Å². The van der Waals surface area contributed by atoms with Crippen molar-refractivity contribution >= 4 is 12.6 Å². The fraction of sp³-hybridized carbons (Fsp3) is 1.00. The van der Waals surface area contributed by atoms with Crippen LogP contribution in [0.3, 0.4) is 0 Å². The van der Waals surface area contributed by atoms with E-state index >= 15 is 0 Å². The Morgan fingerprint density at radius 3 is 2.58 bits per heavy atom. The van der Waals surface area contributed by atoms with E-state index in [2.05, 4.69) is 33.4 Å². The topological polar surface area (TPSA) is 9.23 Å². The molecule has 1 unspecified atom stereocenters. The lowest BCUT2D eigenvalue weighted by molar-refractivity contribution is 0.146. The summed E-state index contributed by atoms with van der Waals surface area (Å²) in [5.41, 5.74) is 0.345. The summed E-state index contributed by atoms with van der Waals surface area (Å²) in [4.78, 5) is 0. The van der Waals surface area contributed by atoms with Crippen LogP contribution < -0.4 is 0 Å². The van der Waals surface area contributed by atoms with Gasteiger partial charge >= 0.3 is 0 Å². The molecule has 0 N–H and O–H groups in total. The average molecular weight is 188 g/mol. The van der Waals surface area contributed by atoms with E-state index < -0.39 is 0 Å². The van der Waals surface area contributed by atoms with Gasteiger partial charge in [0.2, 0.25) is 0 Å². The van der Waals surface area contributed by atoms with Gasteiger partial charge in [-0.2, -0.15) is 12.6 Å². The molecule has 1 heterocycles. The minimum atomic E-state index is 0.345. The van der Waals surface area contributed by atoms with E-state index in [1.54, 1.807) is 0 Å². The summed E-state index contributed by atoms with van der Waals surface area (Å²) < 4.78 is 5.57. The Balaban J connectivity index is 2.75. The molecule has 1 aliphatic rings. The third-order valence-electron chi connectivity index (χ3n) is 3.49. The van der Waals surface area contributed by atoms with E-state index in [0.717, 1.165) is 19.1 Å². The Morgan fingerprint density at radius 1 is 1.58 bits per heavy atom. The molecule has 12 heavy (non-hydrogen) atoms. The first-order valence-corrected chi connectivity index (χ1v) is 5.44. The predicted molar refractivity (Wildman–Crippen MR) is 55.8 cm³/mol. The van der Waals surface area contributed by atoms with Crippen molar-refractivity contribution < 1.29 is 4.74 Å². The molecule has 0 aromatic rings. The Labute approximate surface area is 81.3 Å². The zero-order valence-corrected chi connectivity index (χ0v) is 9.23. The average Bonchev–Trinajstić information content (AvgIpc) is 2.47. The molecule has 0 aliphatic carbocycles. The van der Waals surface area contributed by atoms with Crippen LogP contribution in [0.4, 0.5) is 0 Å². The molecule has 1 nitrogen and oxygen atoms in total. The maximum atomic E-state index is 5.57.